The first-order valence-electron chi connectivity index (χ1n) is 7.37. The predicted octanol–water partition coefficient (Wildman–Crippen LogP) is 4.16. The number of aromatic nitrogens is 2. The largest absolute Gasteiger partial charge is 0.477 e. The van der Waals surface area contributed by atoms with Crippen molar-refractivity contribution < 1.29 is 23.1 Å². The lowest BCUT2D eigenvalue weighted by atomic mass is 10.0. The molecule has 0 aliphatic heterocycles. The van der Waals surface area contributed by atoms with E-state index in [1.807, 2.05) is 0 Å². The molecule has 2 heterocycles. The van der Waals surface area contributed by atoms with Crippen LogP contribution in [0.25, 0.3) is 10.2 Å². The molecule has 0 amide bonds. The molecule has 0 radical (unpaired) electrons. The van der Waals surface area contributed by atoms with Gasteiger partial charge in [-0.3, -0.25) is 0 Å². The number of rotatable bonds is 4. The van der Waals surface area contributed by atoms with Crippen LogP contribution in [0.15, 0.2) is 30.6 Å². The van der Waals surface area contributed by atoms with Gasteiger partial charge < -0.3 is 16.2 Å². The molecule has 4 N–H and O–H groups in total. The van der Waals surface area contributed by atoms with E-state index in [9.17, 15) is 18.0 Å². The van der Waals surface area contributed by atoms with Crippen LogP contribution >= 0.6 is 11.3 Å². The summed E-state index contributed by atoms with van der Waals surface area (Å²) in [6.45, 7) is 1.66. The Kier molecular flexibility index (Phi) is 4.45. The highest BCUT2D eigenvalue weighted by Crippen LogP contribution is 2.34. The fraction of sp³-hybridized carbons (Fsp3) is 0.188. The van der Waals surface area contributed by atoms with Crippen LogP contribution in [0.4, 0.5) is 24.7 Å². The lowest BCUT2D eigenvalue weighted by molar-refractivity contribution is -0.137. The van der Waals surface area contributed by atoms with Gasteiger partial charge in [-0.05, 0) is 36.8 Å². The van der Waals surface area contributed by atoms with E-state index < -0.39 is 23.8 Å². The molecular formula is C16H13F3N4O2S. The first-order chi connectivity index (χ1) is 12.1. The third-order valence-electron chi connectivity index (χ3n) is 3.70. The number of anilines is 2. The van der Waals surface area contributed by atoms with Gasteiger partial charge in [0.2, 0.25) is 0 Å². The molecule has 0 saturated heterocycles. The summed E-state index contributed by atoms with van der Waals surface area (Å²) in [4.78, 5) is 19.8. The van der Waals surface area contributed by atoms with Gasteiger partial charge in [0.25, 0.3) is 0 Å². The Morgan fingerprint density at radius 1 is 1.27 bits per heavy atom. The number of benzene rings is 1. The van der Waals surface area contributed by atoms with E-state index in [2.05, 4.69) is 15.3 Å². The first kappa shape index (κ1) is 17.9. The van der Waals surface area contributed by atoms with Gasteiger partial charge in [0.1, 0.15) is 21.9 Å². The normalized spacial score (nSPS) is 12.9. The first-order valence-corrected chi connectivity index (χ1v) is 8.19. The van der Waals surface area contributed by atoms with Gasteiger partial charge in [0, 0.05) is 5.69 Å². The Morgan fingerprint density at radius 3 is 2.65 bits per heavy atom. The molecule has 2 aromatic heterocycles. The second-order valence-corrected chi connectivity index (χ2v) is 6.64. The number of nitrogens with two attached hydrogens (primary N) is 1. The lowest BCUT2D eigenvalue weighted by Gasteiger charge is -2.18. The molecule has 26 heavy (non-hydrogen) atoms. The van der Waals surface area contributed by atoms with Crippen LogP contribution in [0.5, 0.6) is 0 Å². The number of carbonyl (C=O) groups is 1. The number of nitrogens with one attached hydrogen (secondary N) is 1. The highest BCUT2D eigenvalue weighted by molar-refractivity contribution is 7.20. The summed E-state index contributed by atoms with van der Waals surface area (Å²) < 4.78 is 38.9. The summed E-state index contributed by atoms with van der Waals surface area (Å²) in [7, 11) is 0. The Morgan fingerprint density at radius 2 is 2.00 bits per heavy atom. The van der Waals surface area contributed by atoms with Crippen molar-refractivity contribution in [2.75, 3.05) is 11.1 Å². The fourth-order valence-electron chi connectivity index (χ4n) is 2.45. The van der Waals surface area contributed by atoms with E-state index in [-0.39, 0.29) is 10.6 Å². The van der Waals surface area contributed by atoms with Crippen molar-refractivity contribution >= 4 is 39.0 Å². The summed E-state index contributed by atoms with van der Waals surface area (Å²) >= 11 is 0.991. The summed E-state index contributed by atoms with van der Waals surface area (Å²) in [5.41, 5.74) is 5.09. The van der Waals surface area contributed by atoms with Crippen molar-refractivity contribution in [1.29, 1.82) is 0 Å². The maximum atomic E-state index is 13.0. The molecule has 0 fully saturated rings. The van der Waals surface area contributed by atoms with Crippen molar-refractivity contribution in [1.82, 2.24) is 9.97 Å². The Hall–Kier alpha value is -2.88. The van der Waals surface area contributed by atoms with Crippen LogP contribution in [0.3, 0.4) is 0 Å². The molecule has 0 aliphatic carbocycles. The molecule has 10 heteroatoms. The maximum absolute atomic E-state index is 13.0. The van der Waals surface area contributed by atoms with E-state index in [1.54, 1.807) is 6.92 Å². The number of nitrogen functional groups attached to an aromatic ring is 1. The molecule has 1 aromatic carbocycles. The molecule has 0 unspecified atom stereocenters. The molecule has 136 valence electrons. The molecular weight excluding hydrogens is 369 g/mol. The highest BCUT2D eigenvalue weighted by Gasteiger charge is 2.31. The smallest absolute Gasteiger partial charge is 0.416 e. The van der Waals surface area contributed by atoms with Crippen molar-refractivity contribution in [3.8, 4) is 0 Å². The van der Waals surface area contributed by atoms with Crippen LogP contribution in [-0.4, -0.2) is 21.0 Å². The number of carboxylic acids is 1. The molecule has 1 atom stereocenters. The molecule has 0 saturated carbocycles. The summed E-state index contributed by atoms with van der Waals surface area (Å²) in [6.07, 6.45) is -3.24. The summed E-state index contributed by atoms with van der Waals surface area (Å²) in [6, 6.07) is 4.21. The van der Waals surface area contributed by atoms with Gasteiger partial charge in [-0.15, -0.1) is 11.3 Å². The fourth-order valence-corrected chi connectivity index (χ4v) is 3.29. The van der Waals surface area contributed by atoms with Gasteiger partial charge in [-0.2, -0.15) is 13.2 Å². The average Bonchev–Trinajstić information content (AvgIpc) is 2.99. The van der Waals surface area contributed by atoms with Crippen molar-refractivity contribution in [2.45, 2.75) is 19.1 Å². The molecule has 6 nitrogen and oxygen atoms in total. The summed E-state index contributed by atoms with van der Waals surface area (Å²) in [5.74, 6) is -0.750. The van der Waals surface area contributed by atoms with Crippen molar-refractivity contribution in [3.05, 3.63) is 46.6 Å². The third kappa shape index (κ3) is 3.54. The van der Waals surface area contributed by atoms with Crippen molar-refractivity contribution in [2.24, 2.45) is 0 Å². The lowest BCUT2D eigenvalue weighted by Crippen LogP contribution is -2.12. The molecule has 0 bridgehead atoms. The predicted molar refractivity (Wildman–Crippen MR) is 92.3 cm³/mol. The number of carboxylic acid groups (broad SMARTS) is 1. The second-order valence-electron chi connectivity index (χ2n) is 5.61. The maximum Gasteiger partial charge on any atom is 0.416 e. The van der Waals surface area contributed by atoms with Gasteiger partial charge in [0.15, 0.2) is 0 Å². The standard InChI is InChI=1S/C16H13F3N4O2S/c1-7(8-2-9(16(17,18)19)4-10(20)3-8)23-13-11-5-12(15(24)25)26-14(11)22-6-21-13/h2-7H,20H2,1H3,(H,24,25)(H,21,22,23)/t7-/m1/s1. The Labute approximate surface area is 149 Å². The minimum Gasteiger partial charge on any atom is -0.477 e. The van der Waals surface area contributed by atoms with E-state index in [4.69, 9.17) is 10.8 Å². The number of hydrogen-bond acceptors (Lipinski definition) is 6. The molecule has 0 spiro atoms. The number of alkyl halides is 3. The molecule has 3 rings (SSSR count). The quantitative estimate of drug-likeness (QED) is 0.586. The van der Waals surface area contributed by atoms with Crippen LogP contribution in [-0.2, 0) is 6.18 Å². The second kappa shape index (κ2) is 6.45. The SMILES string of the molecule is C[C@@H](Nc1ncnc2sc(C(=O)O)cc12)c1cc(N)cc(C(F)(F)F)c1. The minimum atomic E-state index is -4.50. The van der Waals surface area contributed by atoms with Crippen LogP contribution < -0.4 is 11.1 Å². The van der Waals surface area contributed by atoms with E-state index in [0.717, 1.165) is 23.5 Å². The number of halogens is 3. The van der Waals surface area contributed by atoms with Crippen LogP contribution in [0.1, 0.15) is 33.8 Å². The van der Waals surface area contributed by atoms with Crippen molar-refractivity contribution in [3.63, 3.8) is 0 Å². The van der Waals surface area contributed by atoms with Gasteiger partial charge in [0.05, 0.1) is 17.0 Å². The zero-order valence-electron chi connectivity index (χ0n) is 13.3. The number of fused-ring (bicyclic) bond motifs is 1. The summed E-state index contributed by atoms with van der Waals surface area (Å²) in [5, 5.41) is 12.6. The number of hydrogen-bond donors (Lipinski definition) is 3. The van der Waals surface area contributed by atoms with Gasteiger partial charge >= 0.3 is 12.1 Å². The van der Waals surface area contributed by atoms with E-state index in [0.29, 0.717) is 21.6 Å². The van der Waals surface area contributed by atoms with Crippen LogP contribution in [0.2, 0.25) is 0 Å². The third-order valence-corrected chi connectivity index (χ3v) is 4.73. The van der Waals surface area contributed by atoms with Crippen LogP contribution in [0, 0.1) is 0 Å². The van der Waals surface area contributed by atoms with E-state index >= 15 is 0 Å². The molecule has 3 aromatic rings. The van der Waals surface area contributed by atoms with E-state index in [1.165, 1.54) is 18.5 Å². The number of thiophene rings is 1. The zero-order valence-corrected chi connectivity index (χ0v) is 14.1. The van der Waals surface area contributed by atoms with Gasteiger partial charge in [-0.1, -0.05) is 0 Å². The monoisotopic (exact) mass is 382 g/mol. The molecule has 0 aliphatic rings. The topological polar surface area (TPSA) is 101 Å². The number of nitrogens with zero attached hydrogens (tertiary/aromatic N) is 2. The minimum absolute atomic E-state index is 0.00000579. The Balaban J connectivity index is 1.96. The number of aromatic carboxylic acids is 1. The Bertz CT molecular complexity index is 987. The average molecular weight is 382 g/mol. The van der Waals surface area contributed by atoms with Gasteiger partial charge in [-0.25, -0.2) is 14.8 Å². The highest BCUT2D eigenvalue weighted by atomic mass is 32.1. The zero-order chi connectivity index (χ0) is 19.1.